The van der Waals surface area contributed by atoms with Crippen LogP contribution in [0.1, 0.15) is 16.7 Å². The normalized spacial score (nSPS) is 12.1. The van der Waals surface area contributed by atoms with Crippen molar-refractivity contribution in [2.24, 2.45) is 0 Å². The van der Waals surface area contributed by atoms with Crippen LogP contribution in [0.25, 0.3) is 21.8 Å². The van der Waals surface area contributed by atoms with Gasteiger partial charge < -0.3 is 14.7 Å². The first-order chi connectivity index (χ1) is 15.1. The number of benzene rings is 3. The molecule has 0 saturated heterocycles. The molecule has 0 unspecified atom stereocenters. The van der Waals surface area contributed by atoms with E-state index < -0.39 is 17.9 Å². The highest BCUT2D eigenvalue weighted by Gasteiger charge is 2.38. The quantitative estimate of drug-likeness (QED) is 0.281. The number of rotatable bonds is 6. The van der Waals surface area contributed by atoms with Crippen LogP contribution in [0, 0.1) is 0 Å². The highest BCUT2D eigenvalue weighted by molar-refractivity contribution is 6.30. The Hall–Kier alpha value is -3.31. The van der Waals surface area contributed by atoms with Crippen molar-refractivity contribution in [2.45, 2.75) is 11.3 Å². The molecule has 0 aliphatic carbocycles. The van der Waals surface area contributed by atoms with Gasteiger partial charge in [0.05, 0.1) is 0 Å². The fourth-order valence-electron chi connectivity index (χ4n) is 4.11. The van der Waals surface area contributed by atoms with Gasteiger partial charge in [0.25, 0.3) is 6.43 Å². The van der Waals surface area contributed by atoms with Gasteiger partial charge in [-0.3, -0.25) is 0 Å². The summed E-state index contributed by atoms with van der Waals surface area (Å²) in [5.74, 6) is 0.376. The number of nitrogens with one attached hydrogen (secondary N) is 2. The summed E-state index contributed by atoms with van der Waals surface area (Å²) in [7, 11) is 0. The lowest BCUT2D eigenvalue weighted by Crippen LogP contribution is -2.22. The number of aromatic amines is 2. The van der Waals surface area contributed by atoms with Gasteiger partial charge in [0.2, 0.25) is 0 Å². The SMILES string of the molecule is FC(F)COc1ccc(C(Cl)(c2c[nH]c3ccccc23)c2c[nH]c3ccccc23)cc1. The Kier molecular flexibility index (Phi) is 4.91. The van der Waals surface area contributed by atoms with Crippen molar-refractivity contribution in [3.63, 3.8) is 0 Å². The molecule has 2 N–H and O–H groups in total. The van der Waals surface area contributed by atoms with E-state index in [1.54, 1.807) is 12.1 Å². The van der Waals surface area contributed by atoms with Crippen molar-refractivity contribution in [1.29, 1.82) is 0 Å². The zero-order valence-corrected chi connectivity index (χ0v) is 17.2. The van der Waals surface area contributed by atoms with E-state index in [9.17, 15) is 8.78 Å². The molecule has 0 spiro atoms. The molecule has 0 bridgehead atoms. The third-order valence-corrected chi connectivity index (χ3v) is 6.17. The molecule has 5 aromatic rings. The Morgan fingerprint density at radius 2 is 1.29 bits per heavy atom. The minimum absolute atomic E-state index is 0.376. The van der Waals surface area contributed by atoms with Crippen LogP contribution in [0.4, 0.5) is 8.78 Å². The fourth-order valence-corrected chi connectivity index (χ4v) is 4.55. The predicted molar refractivity (Wildman–Crippen MR) is 120 cm³/mol. The first kappa shape index (κ1) is 19.6. The highest BCUT2D eigenvalue weighted by atomic mass is 35.5. The molecule has 0 amide bonds. The van der Waals surface area contributed by atoms with Crippen molar-refractivity contribution < 1.29 is 13.5 Å². The van der Waals surface area contributed by atoms with Gasteiger partial charge in [-0.1, -0.05) is 48.5 Å². The third kappa shape index (κ3) is 3.35. The summed E-state index contributed by atoms with van der Waals surface area (Å²) in [6, 6.07) is 23.0. The largest absolute Gasteiger partial charge is 0.488 e. The van der Waals surface area contributed by atoms with Crippen LogP contribution in [0.5, 0.6) is 5.75 Å². The Morgan fingerprint density at radius 1 is 0.774 bits per heavy atom. The topological polar surface area (TPSA) is 40.8 Å². The number of fused-ring (bicyclic) bond motifs is 2. The fraction of sp³-hybridized carbons (Fsp3) is 0.120. The van der Waals surface area contributed by atoms with Crippen molar-refractivity contribution in [3.05, 3.63) is 102 Å². The summed E-state index contributed by atoms with van der Waals surface area (Å²) in [6.07, 6.45) is 1.34. The highest BCUT2D eigenvalue weighted by Crippen LogP contribution is 2.48. The molecule has 0 aliphatic heterocycles. The maximum atomic E-state index is 12.5. The molecule has 0 aliphatic rings. The van der Waals surface area contributed by atoms with Crippen LogP contribution < -0.4 is 4.74 Å². The van der Waals surface area contributed by atoms with E-state index >= 15 is 0 Å². The zero-order valence-electron chi connectivity index (χ0n) is 16.4. The number of halogens is 3. The Labute approximate surface area is 182 Å². The third-order valence-electron chi connectivity index (χ3n) is 5.55. The second-order valence-corrected chi connectivity index (χ2v) is 7.95. The van der Waals surface area contributed by atoms with Gasteiger partial charge in [-0.15, -0.1) is 11.6 Å². The Morgan fingerprint density at radius 3 is 1.81 bits per heavy atom. The van der Waals surface area contributed by atoms with Crippen LogP contribution in [0.2, 0.25) is 0 Å². The molecule has 3 aromatic carbocycles. The maximum Gasteiger partial charge on any atom is 0.272 e. The smallest absolute Gasteiger partial charge is 0.272 e. The van der Waals surface area contributed by atoms with Crippen molar-refractivity contribution in [2.75, 3.05) is 6.61 Å². The molecule has 0 saturated carbocycles. The number of para-hydroxylation sites is 2. The summed E-state index contributed by atoms with van der Waals surface area (Å²) in [5.41, 5.74) is 4.61. The van der Waals surface area contributed by atoms with Crippen LogP contribution in [-0.4, -0.2) is 23.0 Å². The molecule has 156 valence electrons. The predicted octanol–water partition coefficient (Wildman–Crippen LogP) is 6.82. The standard InChI is InChI=1S/C25H19ClF2N2O/c26-25(20-13-29-22-7-3-1-5-18(20)22,21-14-30-23-8-4-2-6-19(21)23)16-9-11-17(12-10-16)31-15-24(27)28/h1-14,24,29-30H,15H2. The number of ether oxygens (including phenoxy) is 1. The summed E-state index contributed by atoms with van der Waals surface area (Å²) in [5, 5.41) is 2.03. The summed E-state index contributed by atoms with van der Waals surface area (Å²) < 4.78 is 30.2. The Bertz CT molecular complexity index is 1270. The molecular formula is C25H19ClF2N2O. The van der Waals surface area contributed by atoms with E-state index in [1.807, 2.05) is 73.1 Å². The van der Waals surface area contributed by atoms with E-state index in [0.717, 1.165) is 38.5 Å². The zero-order chi connectivity index (χ0) is 21.4. The van der Waals surface area contributed by atoms with Gasteiger partial charge in [-0.25, -0.2) is 8.78 Å². The first-order valence-electron chi connectivity index (χ1n) is 9.91. The molecule has 2 heterocycles. The average molecular weight is 437 g/mol. The molecule has 0 atom stereocenters. The lowest BCUT2D eigenvalue weighted by atomic mass is 9.83. The molecule has 0 fully saturated rings. The summed E-state index contributed by atoms with van der Waals surface area (Å²) in [6.45, 7) is -0.643. The molecule has 2 aromatic heterocycles. The van der Waals surface area contributed by atoms with Gasteiger partial charge in [0.15, 0.2) is 0 Å². The minimum Gasteiger partial charge on any atom is -0.488 e. The van der Waals surface area contributed by atoms with Gasteiger partial charge in [-0.05, 0) is 29.8 Å². The van der Waals surface area contributed by atoms with Gasteiger partial charge in [0, 0.05) is 45.3 Å². The van der Waals surface area contributed by atoms with E-state index in [-0.39, 0.29) is 0 Å². The van der Waals surface area contributed by atoms with Crippen LogP contribution in [0.3, 0.4) is 0 Å². The Balaban J connectivity index is 1.70. The average Bonchev–Trinajstić information content (AvgIpc) is 3.42. The van der Waals surface area contributed by atoms with E-state index in [4.69, 9.17) is 16.3 Å². The van der Waals surface area contributed by atoms with E-state index in [2.05, 4.69) is 9.97 Å². The maximum absolute atomic E-state index is 12.5. The van der Waals surface area contributed by atoms with E-state index in [1.165, 1.54) is 0 Å². The molecule has 6 heteroatoms. The second-order valence-electron chi connectivity index (χ2n) is 7.38. The van der Waals surface area contributed by atoms with Crippen LogP contribution in [0.15, 0.2) is 85.2 Å². The lowest BCUT2D eigenvalue weighted by molar-refractivity contribution is 0.0819. The van der Waals surface area contributed by atoms with Crippen molar-refractivity contribution in [1.82, 2.24) is 9.97 Å². The van der Waals surface area contributed by atoms with Gasteiger partial charge in [-0.2, -0.15) is 0 Å². The van der Waals surface area contributed by atoms with Crippen molar-refractivity contribution >= 4 is 33.4 Å². The van der Waals surface area contributed by atoms with Gasteiger partial charge >= 0.3 is 0 Å². The number of aromatic nitrogens is 2. The summed E-state index contributed by atoms with van der Waals surface area (Å²) in [4.78, 5) is 5.62. The molecular weight excluding hydrogens is 418 g/mol. The van der Waals surface area contributed by atoms with Crippen LogP contribution >= 0.6 is 11.6 Å². The number of H-pyrrole nitrogens is 2. The lowest BCUT2D eigenvalue weighted by Gasteiger charge is -2.28. The van der Waals surface area contributed by atoms with Crippen molar-refractivity contribution in [3.8, 4) is 5.75 Å². The van der Waals surface area contributed by atoms with E-state index in [0.29, 0.717) is 5.75 Å². The number of hydrogen-bond donors (Lipinski definition) is 2. The number of alkyl halides is 3. The molecule has 31 heavy (non-hydrogen) atoms. The molecule has 0 radical (unpaired) electrons. The first-order valence-corrected chi connectivity index (χ1v) is 10.3. The van der Waals surface area contributed by atoms with Crippen LogP contribution in [-0.2, 0) is 4.87 Å². The molecule has 5 rings (SSSR count). The summed E-state index contributed by atoms with van der Waals surface area (Å²) >= 11 is 7.54. The monoisotopic (exact) mass is 436 g/mol. The second kappa shape index (κ2) is 7.75. The van der Waals surface area contributed by atoms with Gasteiger partial charge in [0.1, 0.15) is 17.2 Å². The number of hydrogen-bond acceptors (Lipinski definition) is 1. The molecule has 3 nitrogen and oxygen atoms in total. The minimum atomic E-state index is -2.52.